The highest BCUT2D eigenvalue weighted by atomic mass is 32.2. The molecule has 0 unspecified atom stereocenters. The maximum absolute atomic E-state index is 12.2. The largest absolute Gasteiger partial charge is 0.573 e. The molecule has 25 heavy (non-hydrogen) atoms. The SMILES string of the molecule is NC(=NN=Cc1cc(OC(F)(F)F)ccc1O)SCc1ccccc1. The van der Waals surface area contributed by atoms with Gasteiger partial charge in [0.15, 0.2) is 5.17 Å². The lowest BCUT2D eigenvalue weighted by atomic mass is 10.2. The lowest BCUT2D eigenvalue weighted by Gasteiger charge is -2.09. The molecule has 0 saturated carbocycles. The van der Waals surface area contributed by atoms with E-state index in [1.165, 1.54) is 11.8 Å². The van der Waals surface area contributed by atoms with Crippen LogP contribution in [0.2, 0.25) is 0 Å². The van der Waals surface area contributed by atoms with Gasteiger partial charge in [-0.2, -0.15) is 5.10 Å². The van der Waals surface area contributed by atoms with E-state index in [1.54, 1.807) is 0 Å². The molecule has 0 radical (unpaired) electrons. The minimum absolute atomic E-state index is 0.0198. The summed E-state index contributed by atoms with van der Waals surface area (Å²) < 4.78 is 40.4. The third-order valence-corrected chi connectivity index (χ3v) is 3.67. The highest BCUT2D eigenvalue weighted by Gasteiger charge is 2.31. The number of halogens is 3. The Morgan fingerprint density at radius 2 is 1.92 bits per heavy atom. The van der Waals surface area contributed by atoms with E-state index in [4.69, 9.17) is 5.73 Å². The van der Waals surface area contributed by atoms with Crippen molar-refractivity contribution in [2.24, 2.45) is 15.9 Å². The van der Waals surface area contributed by atoms with Crippen LogP contribution in [0.3, 0.4) is 0 Å². The quantitative estimate of drug-likeness (QED) is 0.476. The van der Waals surface area contributed by atoms with Crippen LogP contribution < -0.4 is 10.5 Å². The van der Waals surface area contributed by atoms with Crippen molar-refractivity contribution >= 4 is 23.1 Å². The van der Waals surface area contributed by atoms with Gasteiger partial charge in [-0.15, -0.1) is 18.3 Å². The standard InChI is InChI=1S/C16H14F3N3O2S/c17-16(18,19)24-13-6-7-14(23)12(8-13)9-21-22-15(20)25-10-11-4-2-1-3-5-11/h1-9,23H,10H2,(H2,20,22). The average molecular weight is 369 g/mol. The summed E-state index contributed by atoms with van der Waals surface area (Å²) in [7, 11) is 0. The van der Waals surface area contributed by atoms with Crippen LogP contribution in [-0.2, 0) is 5.75 Å². The lowest BCUT2D eigenvalue weighted by Crippen LogP contribution is -2.17. The first-order chi connectivity index (χ1) is 11.8. The van der Waals surface area contributed by atoms with Gasteiger partial charge < -0.3 is 15.6 Å². The van der Waals surface area contributed by atoms with Gasteiger partial charge in [-0.05, 0) is 23.8 Å². The molecule has 9 heteroatoms. The number of hydrogen-bond acceptors (Lipinski definition) is 5. The molecule has 2 aromatic carbocycles. The molecule has 2 rings (SSSR count). The molecule has 0 spiro atoms. The Morgan fingerprint density at radius 3 is 2.60 bits per heavy atom. The fourth-order valence-electron chi connectivity index (χ4n) is 1.74. The van der Waals surface area contributed by atoms with Crippen LogP contribution in [0.25, 0.3) is 0 Å². The Kier molecular flexibility index (Phi) is 6.29. The topological polar surface area (TPSA) is 80.2 Å². The minimum atomic E-state index is -4.82. The zero-order valence-corrected chi connectivity index (χ0v) is 13.6. The van der Waals surface area contributed by atoms with Crippen LogP contribution in [-0.4, -0.2) is 22.9 Å². The van der Waals surface area contributed by atoms with Gasteiger partial charge in [-0.25, -0.2) is 0 Å². The predicted molar refractivity (Wildman–Crippen MR) is 91.7 cm³/mol. The number of nitrogens with two attached hydrogens (primary N) is 1. The molecule has 0 aliphatic rings. The number of hydrogen-bond donors (Lipinski definition) is 2. The first-order valence-corrected chi connectivity index (χ1v) is 7.94. The summed E-state index contributed by atoms with van der Waals surface area (Å²) in [6.45, 7) is 0. The normalized spacial score (nSPS) is 12.5. The molecule has 132 valence electrons. The second-order valence-corrected chi connectivity index (χ2v) is 5.72. The fraction of sp³-hybridized carbons (Fsp3) is 0.125. The van der Waals surface area contributed by atoms with Gasteiger partial charge in [0.2, 0.25) is 0 Å². The number of benzene rings is 2. The average Bonchev–Trinajstić information content (AvgIpc) is 2.55. The first-order valence-electron chi connectivity index (χ1n) is 6.95. The maximum Gasteiger partial charge on any atom is 0.573 e. The second-order valence-electron chi connectivity index (χ2n) is 4.73. The Bertz CT molecular complexity index is 765. The number of nitrogens with zero attached hydrogens (tertiary/aromatic N) is 2. The zero-order chi connectivity index (χ0) is 18.3. The van der Waals surface area contributed by atoms with Crippen molar-refractivity contribution in [2.75, 3.05) is 0 Å². The number of thioether (sulfide) groups is 1. The van der Waals surface area contributed by atoms with E-state index >= 15 is 0 Å². The minimum Gasteiger partial charge on any atom is -0.507 e. The number of phenolic OH excluding ortho intramolecular Hbond substituents is 1. The van der Waals surface area contributed by atoms with E-state index < -0.39 is 12.1 Å². The van der Waals surface area contributed by atoms with E-state index in [9.17, 15) is 18.3 Å². The summed E-state index contributed by atoms with van der Waals surface area (Å²) in [6.07, 6.45) is -3.73. The molecule has 0 fully saturated rings. The molecule has 0 saturated heterocycles. The van der Waals surface area contributed by atoms with Crippen molar-refractivity contribution in [1.29, 1.82) is 0 Å². The van der Waals surface area contributed by atoms with Crippen molar-refractivity contribution < 1.29 is 23.0 Å². The summed E-state index contributed by atoms with van der Waals surface area (Å²) in [4.78, 5) is 0. The number of rotatable bonds is 5. The molecule has 0 bridgehead atoms. The number of aromatic hydroxyl groups is 1. The van der Waals surface area contributed by atoms with Crippen molar-refractivity contribution in [3.63, 3.8) is 0 Å². The third kappa shape index (κ3) is 6.76. The highest BCUT2D eigenvalue weighted by molar-refractivity contribution is 8.13. The van der Waals surface area contributed by atoms with Gasteiger partial charge in [-0.3, -0.25) is 0 Å². The first kappa shape index (κ1) is 18.7. The molecule has 5 nitrogen and oxygen atoms in total. The molecule has 3 N–H and O–H groups in total. The summed E-state index contributed by atoms with van der Waals surface area (Å²) in [5.74, 6) is -0.127. The number of amidine groups is 1. The summed E-state index contributed by atoms with van der Waals surface area (Å²) in [5.41, 5.74) is 6.78. The van der Waals surface area contributed by atoms with E-state index in [0.717, 1.165) is 30.0 Å². The van der Waals surface area contributed by atoms with Crippen LogP contribution >= 0.6 is 11.8 Å². The monoisotopic (exact) mass is 369 g/mol. The fourth-order valence-corrected chi connectivity index (χ4v) is 2.35. The van der Waals surface area contributed by atoms with E-state index in [0.29, 0.717) is 5.75 Å². The van der Waals surface area contributed by atoms with Gasteiger partial charge in [-0.1, -0.05) is 42.1 Å². The van der Waals surface area contributed by atoms with Crippen LogP contribution in [0.1, 0.15) is 11.1 Å². The third-order valence-electron chi connectivity index (χ3n) is 2.82. The predicted octanol–water partition coefficient (Wildman–Crippen LogP) is 3.87. The van der Waals surface area contributed by atoms with Crippen LogP contribution in [0.4, 0.5) is 13.2 Å². The van der Waals surface area contributed by atoms with Crippen molar-refractivity contribution in [2.45, 2.75) is 12.1 Å². The molecule has 0 aromatic heterocycles. The van der Waals surface area contributed by atoms with Gasteiger partial charge in [0.05, 0.1) is 6.21 Å². The van der Waals surface area contributed by atoms with Crippen LogP contribution in [0, 0.1) is 0 Å². The summed E-state index contributed by atoms with van der Waals surface area (Å²) in [5, 5.41) is 17.2. The Labute approximate surface area is 146 Å². The van der Waals surface area contributed by atoms with Gasteiger partial charge in [0.1, 0.15) is 11.5 Å². The van der Waals surface area contributed by atoms with Crippen molar-refractivity contribution in [3.8, 4) is 11.5 Å². The second kappa shape index (κ2) is 8.43. The van der Waals surface area contributed by atoms with Crippen LogP contribution in [0.5, 0.6) is 11.5 Å². The van der Waals surface area contributed by atoms with Crippen molar-refractivity contribution in [1.82, 2.24) is 0 Å². The van der Waals surface area contributed by atoms with Gasteiger partial charge in [0, 0.05) is 11.3 Å². The zero-order valence-electron chi connectivity index (χ0n) is 12.8. The molecule has 0 amide bonds. The molecule has 0 aliphatic heterocycles. The molecule has 2 aromatic rings. The lowest BCUT2D eigenvalue weighted by molar-refractivity contribution is -0.274. The Morgan fingerprint density at radius 1 is 1.20 bits per heavy atom. The Balaban J connectivity index is 1.99. The van der Waals surface area contributed by atoms with E-state index in [1.807, 2.05) is 30.3 Å². The summed E-state index contributed by atoms with van der Waals surface area (Å²) >= 11 is 1.26. The maximum atomic E-state index is 12.2. The number of ether oxygens (including phenoxy) is 1. The van der Waals surface area contributed by atoms with Gasteiger partial charge in [0.25, 0.3) is 0 Å². The Hall–Kier alpha value is -2.68. The van der Waals surface area contributed by atoms with Gasteiger partial charge >= 0.3 is 6.36 Å². The molecule has 0 aliphatic carbocycles. The van der Waals surface area contributed by atoms with E-state index in [-0.39, 0.29) is 16.5 Å². The molecule has 0 atom stereocenters. The molecular formula is C16H14F3N3O2S. The molecule has 0 heterocycles. The molecular weight excluding hydrogens is 355 g/mol. The smallest absolute Gasteiger partial charge is 0.507 e. The highest BCUT2D eigenvalue weighted by Crippen LogP contribution is 2.27. The summed E-state index contributed by atoms with van der Waals surface area (Å²) in [6, 6.07) is 12.6. The number of phenols is 1. The van der Waals surface area contributed by atoms with E-state index in [2.05, 4.69) is 14.9 Å². The van der Waals surface area contributed by atoms with Crippen LogP contribution in [0.15, 0.2) is 58.7 Å². The van der Waals surface area contributed by atoms with Crippen molar-refractivity contribution in [3.05, 3.63) is 59.7 Å². The number of alkyl halides is 3.